The molecule has 0 bridgehead atoms. The second-order valence-electron chi connectivity index (χ2n) is 8.03. The molecule has 1 aromatic carbocycles. The summed E-state index contributed by atoms with van der Waals surface area (Å²) in [5, 5.41) is 0. The van der Waals surface area contributed by atoms with Crippen LogP contribution in [0, 0.1) is 35.2 Å². The molecule has 3 rings (SSSR count). The van der Waals surface area contributed by atoms with E-state index in [2.05, 4.69) is 11.3 Å². The number of hydrogen-bond donors (Lipinski definition) is 0. The van der Waals surface area contributed by atoms with Gasteiger partial charge in [0.15, 0.2) is 17.5 Å². The standard InChI is InChI=1S/C21H24F6O/c1-2-13-3-5-14(6-4-13)15-7-9-20(25,10-8-15)21(26,27)28-16-11-17(22)19(24)18(23)12-16/h2,11-15H,1,3-10H2. The molecule has 7 heteroatoms. The lowest BCUT2D eigenvalue weighted by Crippen LogP contribution is -2.51. The van der Waals surface area contributed by atoms with E-state index in [0.29, 0.717) is 36.8 Å². The van der Waals surface area contributed by atoms with Crippen molar-refractivity contribution < 1.29 is 31.1 Å². The Morgan fingerprint density at radius 2 is 1.43 bits per heavy atom. The van der Waals surface area contributed by atoms with Crippen molar-refractivity contribution >= 4 is 0 Å². The molecule has 0 unspecified atom stereocenters. The van der Waals surface area contributed by atoms with Crippen LogP contribution in [0.5, 0.6) is 5.75 Å². The first kappa shape index (κ1) is 21.1. The highest BCUT2D eigenvalue weighted by atomic mass is 19.3. The average molecular weight is 406 g/mol. The van der Waals surface area contributed by atoms with Crippen molar-refractivity contribution in [2.45, 2.75) is 63.1 Å². The summed E-state index contributed by atoms with van der Waals surface area (Å²) in [6, 6.07) is 0.582. The van der Waals surface area contributed by atoms with Crippen LogP contribution in [0.15, 0.2) is 24.8 Å². The van der Waals surface area contributed by atoms with Gasteiger partial charge in [-0.2, -0.15) is 8.78 Å². The zero-order valence-electron chi connectivity index (χ0n) is 15.5. The molecule has 2 aliphatic carbocycles. The summed E-state index contributed by atoms with van der Waals surface area (Å²) in [6.07, 6.45) is 1.53. The smallest absolute Gasteiger partial charge is 0.430 e. The molecule has 0 heterocycles. The normalized spacial score (nSPS) is 31.4. The lowest BCUT2D eigenvalue weighted by atomic mass is 9.68. The summed E-state index contributed by atoms with van der Waals surface area (Å²) in [5.74, 6) is -4.99. The van der Waals surface area contributed by atoms with Crippen molar-refractivity contribution in [3.05, 3.63) is 42.2 Å². The van der Waals surface area contributed by atoms with E-state index < -0.39 is 47.8 Å². The summed E-state index contributed by atoms with van der Waals surface area (Å²) in [6.45, 7) is 3.80. The number of allylic oxidation sites excluding steroid dienone is 1. The fourth-order valence-electron chi connectivity index (χ4n) is 4.54. The molecule has 156 valence electrons. The minimum Gasteiger partial charge on any atom is -0.430 e. The largest absolute Gasteiger partial charge is 0.432 e. The Hall–Kier alpha value is -1.66. The van der Waals surface area contributed by atoms with Gasteiger partial charge in [0.1, 0.15) is 5.75 Å². The van der Waals surface area contributed by atoms with Crippen LogP contribution in [-0.2, 0) is 0 Å². The molecule has 0 saturated heterocycles. The van der Waals surface area contributed by atoms with Gasteiger partial charge in [-0.15, -0.1) is 6.58 Å². The number of alkyl halides is 3. The topological polar surface area (TPSA) is 9.23 Å². The predicted molar refractivity (Wildman–Crippen MR) is 93.3 cm³/mol. The second kappa shape index (κ2) is 7.99. The third kappa shape index (κ3) is 4.18. The van der Waals surface area contributed by atoms with E-state index in [9.17, 15) is 22.0 Å². The maximum absolute atomic E-state index is 15.0. The molecule has 1 nitrogen and oxygen atoms in total. The molecule has 2 fully saturated rings. The number of benzene rings is 1. The zero-order valence-corrected chi connectivity index (χ0v) is 15.5. The number of halogens is 6. The molecule has 0 atom stereocenters. The van der Waals surface area contributed by atoms with Gasteiger partial charge in [-0.1, -0.05) is 6.08 Å². The van der Waals surface area contributed by atoms with Gasteiger partial charge in [0, 0.05) is 12.1 Å². The summed E-state index contributed by atoms with van der Waals surface area (Å²) in [4.78, 5) is 0. The summed E-state index contributed by atoms with van der Waals surface area (Å²) < 4.78 is 87.7. The summed E-state index contributed by atoms with van der Waals surface area (Å²) in [5.41, 5.74) is -2.93. The average Bonchev–Trinajstić information content (AvgIpc) is 2.66. The van der Waals surface area contributed by atoms with E-state index in [1.165, 1.54) is 0 Å². The molecule has 28 heavy (non-hydrogen) atoms. The van der Waals surface area contributed by atoms with Gasteiger partial charge in [-0.3, -0.25) is 0 Å². The van der Waals surface area contributed by atoms with Gasteiger partial charge >= 0.3 is 6.11 Å². The van der Waals surface area contributed by atoms with Crippen LogP contribution in [0.3, 0.4) is 0 Å². The van der Waals surface area contributed by atoms with Crippen LogP contribution in [0.25, 0.3) is 0 Å². The third-order valence-corrected chi connectivity index (χ3v) is 6.36. The Bertz CT molecular complexity index is 680. The number of rotatable bonds is 5. The van der Waals surface area contributed by atoms with Gasteiger partial charge in [0.25, 0.3) is 0 Å². The maximum atomic E-state index is 15.0. The minimum absolute atomic E-state index is 0.186. The first-order valence-electron chi connectivity index (χ1n) is 9.68. The monoisotopic (exact) mass is 406 g/mol. The minimum atomic E-state index is -4.27. The van der Waals surface area contributed by atoms with Crippen molar-refractivity contribution in [2.75, 3.05) is 0 Å². The summed E-state index contributed by atoms with van der Waals surface area (Å²) >= 11 is 0. The van der Waals surface area contributed by atoms with E-state index >= 15 is 4.39 Å². The maximum Gasteiger partial charge on any atom is 0.432 e. The van der Waals surface area contributed by atoms with Crippen LogP contribution < -0.4 is 4.74 Å². The van der Waals surface area contributed by atoms with Gasteiger partial charge < -0.3 is 4.74 Å². The van der Waals surface area contributed by atoms with E-state index in [1.54, 1.807) is 0 Å². The highest BCUT2D eigenvalue weighted by Gasteiger charge is 2.59. The molecule has 0 N–H and O–H groups in total. The van der Waals surface area contributed by atoms with Crippen LogP contribution in [-0.4, -0.2) is 11.8 Å². The molecule has 0 spiro atoms. The van der Waals surface area contributed by atoms with Crippen LogP contribution in [0.1, 0.15) is 51.4 Å². The second-order valence-corrected chi connectivity index (χ2v) is 8.03. The molecule has 2 saturated carbocycles. The number of ether oxygens (including phenoxy) is 1. The SMILES string of the molecule is C=CC1CCC(C2CCC(F)(C(F)(F)Oc3cc(F)c(F)c(F)c3)CC2)CC1. The Balaban J connectivity index is 1.62. The van der Waals surface area contributed by atoms with E-state index in [0.717, 1.165) is 25.7 Å². The van der Waals surface area contributed by atoms with Gasteiger partial charge in [0.2, 0.25) is 5.67 Å². The van der Waals surface area contributed by atoms with Crippen molar-refractivity contribution in [1.82, 2.24) is 0 Å². The first-order chi connectivity index (χ1) is 13.1. The van der Waals surface area contributed by atoms with Crippen molar-refractivity contribution in [2.24, 2.45) is 17.8 Å². The van der Waals surface area contributed by atoms with Crippen molar-refractivity contribution in [3.63, 3.8) is 0 Å². The Labute approximate surface area is 160 Å². The van der Waals surface area contributed by atoms with Crippen molar-refractivity contribution in [1.29, 1.82) is 0 Å². The predicted octanol–water partition coefficient (Wildman–Crippen LogP) is 6.97. The Morgan fingerprint density at radius 3 is 1.93 bits per heavy atom. The van der Waals surface area contributed by atoms with Crippen LogP contribution >= 0.6 is 0 Å². The highest BCUT2D eigenvalue weighted by Crippen LogP contribution is 2.49. The Morgan fingerprint density at radius 1 is 0.929 bits per heavy atom. The zero-order chi connectivity index (χ0) is 20.5. The molecule has 1 aromatic rings. The molecule has 2 aliphatic rings. The molecule has 0 aliphatic heterocycles. The molecule has 0 amide bonds. The number of hydrogen-bond acceptors (Lipinski definition) is 1. The van der Waals surface area contributed by atoms with Gasteiger partial charge in [0.05, 0.1) is 0 Å². The van der Waals surface area contributed by atoms with Gasteiger partial charge in [-0.25, -0.2) is 17.6 Å². The lowest BCUT2D eigenvalue weighted by Gasteiger charge is -2.41. The fourth-order valence-corrected chi connectivity index (χ4v) is 4.54. The van der Waals surface area contributed by atoms with E-state index in [1.807, 2.05) is 6.08 Å². The van der Waals surface area contributed by atoms with E-state index in [4.69, 9.17) is 0 Å². The van der Waals surface area contributed by atoms with Crippen LogP contribution in [0.2, 0.25) is 0 Å². The van der Waals surface area contributed by atoms with Gasteiger partial charge in [-0.05, 0) is 69.1 Å². The van der Waals surface area contributed by atoms with Crippen LogP contribution in [0.4, 0.5) is 26.3 Å². The highest BCUT2D eigenvalue weighted by molar-refractivity contribution is 5.25. The molecular weight excluding hydrogens is 382 g/mol. The molecule has 0 radical (unpaired) electrons. The molecular formula is C21H24F6O. The fraction of sp³-hybridized carbons (Fsp3) is 0.619. The van der Waals surface area contributed by atoms with E-state index in [-0.39, 0.29) is 5.92 Å². The third-order valence-electron chi connectivity index (χ3n) is 6.36. The summed E-state index contributed by atoms with van der Waals surface area (Å²) in [7, 11) is 0. The molecule has 0 aromatic heterocycles. The first-order valence-corrected chi connectivity index (χ1v) is 9.68. The lowest BCUT2D eigenvalue weighted by molar-refractivity contribution is -0.274. The van der Waals surface area contributed by atoms with Crippen molar-refractivity contribution in [3.8, 4) is 5.75 Å². The Kier molecular flexibility index (Phi) is 6.01. The quantitative estimate of drug-likeness (QED) is 0.292.